The summed E-state index contributed by atoms with van der Waals surface area (Å²) in [5.74, 6) is 0. The Morgan fingerprint density at radius 1 is 1.00 bits per heavy atom. The molecule has 0 saturated carbocycles. The molecule has 0 fully saturated rings. The normalized spacial score (nSPS) is 12.7. The Labute approximate surface area is 152 Å². The average Bonchev–Trinajstić information content (AvgIpc) is 3.06. The fourth-order valence-corrected chi connectivity index (χ4v) is 4.43. The van der Waals surface area contributed by atoms with E-state index in [2.05, 4.69) is 4.98 Å². The number of benzene rings is 2. The highest BCUT2D eigenvalue weighted by Gasteiger charge is 2.33. The van der Waals surface area contributed by atoms with Crippen LogP contribution in [0.15, 0.2) is 65.8 Å². The second-order valence-electron chi connectivity index (χ2n) is 6.18. The molecule has 0 spiro atoms. The first-order chi connectivity index (χ1) is 12.7. The zero-order valence-electron chi connectivity index (χ0n) is 14.0. The molecule has 2 aromatic heterocycles. The predicted molar refractivity (Wildman–Crippen MR) is 96.0 cm³/mol. The summed E-state index contributed by atoms with van der Waals surface area (Å²) < 4.78 is 67.2. The number of aromatic nitrogens is 2. The van der Waals surface area contributed by atoms with Gasteiger partial charge >= 0.3 is 6.18 Å². The highest BCUT2D eigenvalue weighted by Crippen LogP contribution is 2.38. The van der Waals surface area contributed by atoms with Crippen molar-refractivity contribution in [3.05, 3.63) is 72.1 Å². The number of aryl methyl sites for hydroxylation is 1. The summed E-state index contributed by atoms with van der Waals surface area (Å²) in [5, 5.41) is 0.0731. The number of hydrogen-bond donors (Lipinski definition) is 0. The van der Waals surface area contributed by atoms with Crippen LogP contribution in [-0.4, -0.2) is 17.4 Å². The van der Waals surface area contributed by atoms with Crippen LogP contribution in [0.3, 0.4) is 0 Å². The maximum absolute atomic E-state index is 13.4. The van der Waals surface area contributed by atoms with Gasteiger partial charge in [0, 0.05) is 17.0 Å². The molecule has 4 aromatic rings. The zero-order valence-corrected chi connectivity index (χ0v) is 14.8. The molecule has 0 atom stereocenters. The first-order valence-corrected chi connectivity index (χ1v) is 9.42. The molecule has 2 aromatic carbocycles. The van der Waals surface area contributed by atoms with Gasteiger partial charge in [0.25, 0.3) is 10.0 Å². The maximum Gasteiger partial charge on any atom is 0.417 e. The summed E-state index contributed by atoms with van der Waals surface area (Å²) in [7, 11) is -3.96. The van der Waals surface area contributed by atoms with E-state index in [-0.39, 0.29) is 26.7 Å². The monoisotopic (exact) mass is 390 g/mol. The molecule has 0 aliphatic carbocycles. The molecular weight excluding hydrogens is 377 g/mol. The minimum absolute atomic E-state index is 0.0507. The van der Waals surface area contributed by atoms with Crippen molar-refractivity contribution in [2.45, 2.75) is 18.0 Å². The zero-order chi connectivity index (χ0) is 19.4. The topological polar surface area (TPSA) is 52.0 Å². The van der Waals surface area contributed by atoms with E-state index in [9.17, 15) is 21.6 Å². The lowest BCUT2D eigenvalue weighted by atomic mass is 10.0. The third-order valence-electron chi connectivity index (χ3n) is 4.41. The molecule has 0 saturated heterocycles. The van der Waals surface area contributed by atoms with Crippen molar-refractivity contribution < 1.29 is 21.6 Å². The number of nitrogens with zero attached hydrogens (tertiary/aromatic N) is 2. The van der Waals surface area contributed by atoms with Gasteiger partial charge in [-0.05, 0) is 37.3 Å². The van der Waals surface area contributed by atoms with E-state index in [1.807, 2.05) is 6.92 Å². The van der Waals surface area contributed by atoms with E-state index in [1.54, 1.807) is 12.1 Å². The van der Waals surface area contributed by atoms with Gasteiger partial charge in [0.1, 0.15) is 0 Å². The molecule has 4 nitrogen and oxygen atoms in total. The van der Waals surface area contributed by atoms with E-state index >= 15 is 0 Å². The van der Waals surface area contributed by atoms with E-state index in [1.165, 1.54) is 42.7 Å². The number of halogens is 3. The lowest BCUT2D eigenvalue weighted by molar-refractivity contribution is -0.136. The van der Waals surface area contributed by atoms with Gasteiger partial charge in [-0.1, -0.05) is 23.8 Å². The highest BCUT2D eigenvalue weighted by atomic mass is 32.2. The Morgan fingerprint density at radius 2 is 1.70 bits per heavy atom. The van der Waals surface area contributed by atoms with Gasteiger partial charge in [0.15, 0.2) is 0 Å². The number of hydrogen-bond acceptors (Lipinski definition) is 3. The third kappa shape index (κ3) is 2.76. The van der Waals surface area contributed by atoms with Crippen LogP contribution in [0.1, 0.15) is 11.1 Å². The third-order valence-corrected chi connectivity index (χ3v) is 6.12. The van der Waals surface area contributed by atoms with Crippen LogP contribution in [0.25, 0.3) is 21.8 Å². The maximum atomic E-state index is 13.4. The highest BCUT2D eigenvalue weighted by molar-refractivity contribution is 7.90. The molecule has 8 heteroatoms. The molecule has 0 aliphatic rings. The Hall–Kier alpha value is -2.87. The lowest BCUT2D eigenvalue weighted by Gasteiger charge is -2.12. The molecule has 2 heterocycles. The van der Waals surface area contributed by atoms with E-state index < -0.39 is 21.8 Å². The van der Waals surface area contributed by atoms with Crippen LogP contribution in [0.4, 0.5) is 13.2 Å². The van der Waals surface area contributed by atoms with Crippen molar-refractivity contribution in [2.24, 2.45) is 0 Å². The Kier molecular flexibility index (Phi) is 3.78. The van der Waals surface area contributed by atoms with Crippen molar-refractivity contribution in [3.63, 3.8) is 0 Å². The molecule has 4 rings (SSSR count). The van der Waals surface area contributed by atoms with Crippen LogP contribution in [0.5, 0.6) is 0 Å². The second kappa shape index (κ2) is 5.82. The van der Waals surface area contributed by atoms with Crippen molar-refractivity contribution in [1.82, 2.24) is 8.96 Å². The standard InChI is InChI=1S/C19H13F3N2O2S/c1-12-5-7-13(8-6-12)27(25,26)24-10-9-14-17(24)11-23-16-4-2-3-15(18(14)16)19(20,21)22/h2-11H,1H3. The molecule has 0 N–H and O–H groups in total. The van der Waals surface area contributed by atoms with Gasteiger partial charge in [-0.3, -0.25) is 4.98 Å². The molecule has 0 aliphatic heterocycles. The number of alkyl halides is 3. The van der Waals surface area contributed by atoms with Crippen LogP contribution in [0.2, 0.25) is 0 Å². The molecule has 0 bridgehead atoms. The summed E-state index contributed by atoms with van der Waals surface area (Å²) in [6.07, 6.45) is -2.04. The smallest absolute Gasteiger partial charge is 0.254 e. The van der Waals surface area contributed by atoms with Crippen molar-refractivity contribution >= 4 is 31.8 Å². The van der Waals surface area contributed by atoms with Gasteiger partial charge in [-0.15, -0.1) is 0 Å². The SMILES string of the molecule is Cc1ccc(S(=O)(=O)n2ccc3c4c(C(F)(F)F)cccc4ncc32)cc1. The molecule has 0 radical (unpaired) electrons. The molecule has 0 unspecified atom stereocenters. The van der Waals surface area contributed by atoms with Crippen molar-refractivity contribution in [1.29, 1.82) is 0 Å². The van der Waals surface area contributed by atoms with Gasteiger partial charge in [0.05, 0.1) is 27.7 Å². The summed E-state index contributed by atoms with van der Waals surface area (Å²) in [5.41, 5.74) is 0.306. The molecule has 0 amide bonds. The van der Waals surface area contributed by atoms with E-state index in [0.29, 0.717) is 0 Å². The molecule has 27 heavy (non-hydrogen) atoms. The quantitative estimate of drug-likeness (QED) is 0.496. The average molecular weight is 390 g/mol. The van der Waals surface area contributed by atoms with Crippen LogP contribution >= 0.6 is 0 Å². The van der Waals surface area contributed by atoms with Crippen LogP contribution < -0.4 is 0 Å². The lowest BCUT2D eigenvalue weighted by Crippen LogP contribution is -2.12. The summed E-state index contributed by atoms with van der Waals surface area (Å²) >= 11 is 0. The fourth-order valence-electron chi connectivity index (χ4n) is 3.10. The molecule has 138 valence electrons. The van der Waals surface area contributed by atoms with Gasteiger partial charge < -0.3 is 0 Å². The number of fused-ring (bicyclic) bond motifs is 3. The minimum atomic E-state index is -4.58. The van der Waals surface area contributed by atoms with Crippen molar-refractivity contribution in [2.75, 3.05) is 0 Å². The Balaban J connectivity index is 2.03. The first-order valence-electron chi connectivity index (χ1n) is 7.98. The van der Waals surface area contributed by atoms with Gasteiger partial charge in [0.2, 0.25) is 0 Å². The Morgan fingerprint density at radius 3 is 2.37 bits per heavy atom. The first kappa shape index (κ1) is 17.5. The summed E-state index contributed by atoms with van der Waals surface area (Å²) in [4.78, 5) is 4.10. The Bertz CT molecular complexity index is 1270. The minimum Gasteiger partial charge on any atom is -0.254 e. The summed E-state index contributed by atoms with van der Waals surface area (Å²) in [6.45, 7) is 1.83. The number of rotatable bonds is 2. The number of pyridine rings is 1. The van der Waals surface area contributed by atoms with E-state index in [4.69, 9.17) is 0 Å². The van der Waals surface area contributed by atoms with Crippen LogP contribution in [0, 0.1) is 6.92 Å². The van der Waals surface area contributed by atoms with Crippen molar-refractivity contribution in [3.8, 4) is 0 Å². The predicted octanol–water partition coefficient (Wildman–Crippen LogP) is 4.75. The van der Waals surface area contributed by atoms with Gasteiger partial charge in [-0.2, -0.15) is 13.2 Å². The second-order valence-corrected chi connectivity index (χ2v) is 8.00. The largest absolute Gasteiger partial charge is 0.417 e. The summed E-state index contributed by atoms with van der Waals surface area (Å²) in [6, 6.07) is 11.3. The van der Waals surface area contributed by atoms with Crippen LogP contribution in [-0.2, 0) is 16.2 Å². The van der Waals surface area contributed by atoms with Gasteiger partial charge in [-0.25, -0.2) is 12.4 Å². The van der Waals surface area contributed by atoms with E-state index in [0.717, 1.165) is 15.6 Å². The molecular formula is C19H13F3N2O2S. The fraction of sp³-hybridized carbons (Fsp3) is 0.105.